The first-order valence-corrected chi connectivity index (χ1v) is 6.13. The lowest BCUT2D eigenvalue weighted by Crippen LogP contribution is -2.33. The zero-order valence-electron chi connectivity index (χ0n) is 11.6. The molecule has 0 fully saturated rings. The Hall–Kier alpha value is -2.11. The standard InChI is InChI=1S/C13H19N3O3/c1-5-9(2)14-13(17)11-8-10(16(18)19)6-7-12(11)15(3)4/h6-9H,5H2,1-4H3,(H,14,17). The number of benzene rings is 1. The summed E-state index contributed by atoms with van der Waals surface area (Å²) in [4.78, 5) is 24.2. The Morgan fingerprint density at radius 3 is 2.58 bits per heavy atom. The van der Waals surface area contributed by atoms with Gasteiger partial charge in [0, 0.05) is 38.0 Å². The molecule has 1 aromatic carbocycles. The van der Waals surface area contributed by atoms with E-state index in [9.17, 15) is 14.9 Å². The summed E-state index contributed by atoms with van der Waals surface area (Å²) < 4.78 is 0. The maximum absolute atomic E-state index is 12.2. The molecule has 0 radical (unpaired) electrons. The molecule has 0 aromatic heterocycles. The fraction of sp³-hybridized carbons (Fsp3) is 0.462. The van der Waals surface area contributed by atoms with Crippen LogP contribution < -0.4 is 10.2 Å². The van der Waals surface area contributed by atoms with Gasteiger partial charge in [0.25, 0.3) is 11.6 Å². The van der Waals surface area contributed by atoms with Crippen molar-refractivity contribution in [2.75, 3.05) is 19.0 Å². The van der Waals surface area contributed by atoms with Crippen molar-refractivity contribution in [3.63, 3.8) is 0 Å². The summed E-state index contributed by atoms with van der Waals surface area (Å²) in [5.41, 5.74) is 0.894. The van der Waals surface area contributed by atoms with Gasteiger partial charge in [-0.3, -0.25) is 14.9 Å². The Bertz CT molecular complexity index is 486. The predicted octanol–water partition coefficient (Wildman–Crippen LogP) is 2.19. The lowest BCUT2D eigenvalue weighted by Gasteiger charge is -2.18. The van der Waals surface area contributed by atoms with Crippen LogP contribution in [0.2, 0.25) is 0 Å². The van der Waals surface area contributed by atoms with Crippen molar-refractivity contribution in [2.24, 2.45) is 0 Å². The molecule has 1 unspecified atom stereocenters. The molecule has 1 amide bonds. The van der Waals surface area contributed by atoms with Gasteiger partial charge in [-0.05, 0) is 19.4 Å². The molecule has 0 bridgehead atoms. The third kappa shape index (κ3) is 3.67. The number of amides is 1. The monoisotopic (exact) mass is 265 g/mol. The number of nitro benzene ring substituents is 1. The Balaban J connectivity index is 3.17. The summed E-state index contributed by atoms with van der Waals surface area (Å²) in [6.07, 6.45) is 0.804. The van der Waals surface area contributed by atoms with Crippen molar-refractivity contribution in [1.29, 1.82) is 0 Å². The van der Waals surface area contributed by atoms with Crippen LogP contribution >= 0.6 is 0 Å². The Morgan fingerprint density at radius 2 is 2.11 bits per heavy atom. The second kappa shape index (κ2) is 6.17. The van der Waals surface area contributed by atoms with Crippen LogP contribution in [0.4, 0.5) is 11.4 Å². The van der Waals surface area contributed by atoms with Gasteiger partial charge in [-0.25, -0.2) is 0 Å². The molecule has 0 aliphatic carbocycles. The Kier molecular flexibility index (Phi) is 4.86. The van der Waals surface area contributed by atoms with Crippen LogP contribution in [0.25, 0.3) is 0 Å². The maximum atomic E-state index is 12.2. The molecule has 1 rings (SSSR count). The molecule has 0 saturated carbocycles. The number of hydrogen-bond donors (Lipinski definition) is 1. The normalized spacial score (nSPS) is 11.8. The van der Waals surface area contributed by atoms with Gasteiger partial charge in [0.15, 0.2) is 0 Å². The number of carbonyl (C=O) groups excluding carboxylic acids is 1. The highest BCUT2D eigenvalue weighted by Crippen LogP contribution is 2.24. The molecule has 19 heavy (non-hydrogen) atoms. The minimum atomic E-state index is -0.501. The average Bonchev–Trinajstić information content (AvgIpc) is 2.37. The summed E-state index contributed by atoms with van der Waals surface area (Å²) in [6, 6.07) is 4.33. The van der Waals surface area contributed by atoms with Crippen molar-refractivity contribution < 1.29 is 9.72 Å². The van der Waals surface area contributed by atoms with Gasteiger partial charge in [-0.1, -0.05) is 6.92 Å². The van der Waals surface area contributed by atoms with Crippen LogP contribution in [0, 0.1) is 10.1 Å². The molecule has 6 heteroatoms. The van der Waals surface area contributed by atoms with Gasteiger partial charge in [0.2, 0.25) is 0 Å². The number of nitrogens with one attached hydrogen (secondary N) is 1. The molecule has 1 atom stereocenters. The number of anilines is 1. The van der Waals surface area contributed by atoms with E-state index >= 15 is 0 Å². The third-order valence-electron chi connectivity index (χ3n) is 2.91. The smallest absolute Gasteiger partial charge is 0.270 e. The zero-order valence-corrected chi connectivity index (χ0v) is 11.6. The van der Waals surface area contributed by atoms with E-state index in [1.807, 2.05) is 13.8 Å². The molecule has 0 heterocycles. The van der Waals surface area contributed by atoms with Crippen LogP contribution in [-0.4, -0.2) is 31.0 Å². The first-order chi connectivity index (χ1) is 8.86. The lowest BCUT2D eigenvalue weighted by atomic mass is 10.1. The van der Waals surface area contributed by atoms with Crippen molar-refractivity contribution in [3.05, 3.63) is 33.9 Å². The van der Waals surface area contributed by atoms with E-state index in [1.165, 1.54) is 12.1 Å². The first kappa shape index (κ1) is 14.9. The van der Waals surface area contributed by atoms with E-state index in [4.69, 9.17) is 0 Å². The zero-order chi connectivity index (χ0) is 14.6. The van der Waals surface area contributed by atoms with Crippen LogP contribution in [0.3, 0.4) is 0 Å². The first-order valence-electron chi connectivity index (χ1n) is 6.13. The third-order valence-corrected chi connectivity index (χ3v) is 2.91. The van der Waals surface area contributed by atoms with Gasteiger partial charge in [0.05, 0.1) is 10.5 Å². The number of non-ortho nitro benzene ring substituents is 1. The highest BCUT2D eigenvalue weighted by atomic mass is 16.6. The van der Waals surface area contributed by atoms with E-state index in [0.717, 1.165) is 6.42 Å². The Labute approximate surface area is 112 Å². The number of nitrogens with zero attached hydrogens (tertiary/aromatic N) is 2. The summed E-state index contributed by atoms with van der Waals surface area (Å²) in [5.74, 6) is -0.290. The van der Waals surface area contributed by atoms with Crippen molar-refractivity contribution in [1.82, 2.24) is 5.32 Å². The predicted molar refractivity (Wildman–Crippen MR) is 74.6 cm³/mol. The fourth-order valence-electron chi connectivity index (χ4n) is 1.61. The summed E-state index contributed by atoms with van der Waals surface area (Å²) in [7, 11) is 3.59. The molecule has 104 valence electrons. The van der Waals surface area contributed by atoms with Crippen LogP contribution in [0.15, 0.2) is 18.2 Å². The Morgan fingerprint density at radius 1 is 1.47 bits per heavy atom. The van der Waals surface area contributed by atoms with E-state index in [-0.39, 0.29) is 17.6 Å². The largest absolute Gasteiger partial charge is 0.377 e. The van der Waals surface area contributed by atoms with Crippen molar-refractivity contribution in [3.8, 4) is 0 Å². The number of nitro groups is 1. The van der Waals surface area contributed by atoms with E-state index in [1.54, 1.807) is 25.1 Å². The van der Waals surface area contributed by atoms with Crippen LogP contribution in [0.1, 0.15) is 30.6 Å². The molecule has 0 aliphatic heterocycles. The quantitative estimate of drug-likeness (QED) is 0.654. The second-order valence-corrected chi connectivity index (χ2v) is 4.64. The van der Waals surface area contributed by atoms with Crippen molar-refractivity contribution in [2.45, 2.75) is 26.3 Å². The number of carbonyl (C=O) groups is 1. The lowest BCUT2D eigenvalue weighted by molar-refractivity contribution is -0.384. The van der Waals surface area contributed by atoms with Crippen LogP contribution in [0.5, 0.6) is 0 Å². The topological polar surface area (TPSA) is 75.5 Å². The second-order valence-electron chi connectivity index (χ2n) is 4.64. The number of hydrogen-bond acceptors (Lipinski definition) is 4. The minimum Gasteiger partial charge on any atom is -0.377 e. The SMILES string of the molecule is CCC(C)NC(=O)c1cc([N+](=O)[O-])ccc1N(C)C. The van der Waals surface area contributed by atoms with E-state index in [0.29, 0.717) is 11.3 Å². The van der Waals surface area contributed by atoms with Crippen molar-refractivity contribution >= 4 is 17.3 Å². The molecular formula is C13H19N3O3. The van der Waals surface area contributed by atoms with Gasteiger partial charge in [0.1, 0.15) is 0 Å². The summed E-state index contributed by atoms with van der Waals surface area (Å²) in [6.45, 7) is 3.86. The van der Waals surface area contributed by atoms with Gasteiger partial charge >= 0.3 is 0 Å². The van der Waals surface area contributed by atoms with Crippen LogP contribution in [-0.2, 0) is 0 Å². The van der Waals surface area contributed by atoms with Gasteiger partial charge in [-0.2, -0.15) is 0 Å². The highest BCUT2D eigenvalue weighted by molar-refractivity contribution is 6.00. The average molecular weight is 265 g/mol. The highest BCUT2D eigenvalue weighted by Gasteiger charge is 2.18. The van der Waals surface area contributed by atoms with E-state index in [2.05, 4.69) is 5.32 Å². The fourth-order valence-corrected chi connectivity index (χ4v) is 1.61. The summed E-state index contributed by atoms with van der Waals surface area (Å²) >= 11 is 0. The van der Waals surface area contributed by atoms with E-state index < -0.39 is 4.92 Å². The summed E-state index contributed by atoms with van der Waals surface area (Å²) in [5, 5.41) is 13.6. The molecule has 0 spiro atoms. The molecule has 0 aliphatic rings. The minimum absolute atomic E-state index is 0.0294. The molecule has 6 nitrogen and oxygen atoms in total. The molecule has 1 aromatic rings. The molecule has 0 saturated heterocycles. The maximum Gasteiger partial charge on any atom is 0.270 e. The van der Waals surface area contributed by atoms with Gasteiger partial charge < -0.3 is 10.2 Å². The number of rotatable bonds is 5. The molecule has 1 N–H and O–H groups in total. The molecular weight excluding hydrogens is 246 g/mol. The van der Waals surface area contributed by atoms with Gasteiger partial charge in [-0.15, -0.1) is 0 Å².